The van der Waals surface area contributed by atoms with E-state index in [1.165, 1.54) is 4.90 Å². The number of likely N-dealkylation sites (N-methyl/N-ethyl adjacent to an activating group) is 1. The molecule has 27 heavy (non-hydrogen) atoms. The van der Waals surface area contributed by atoms with E-state index in [0.29, 0.717) is 16.7 Å². The number of hydrogen-bond acceptors (Lipinski definition) is 5. The molecule has 0 spiro atoms. The maximum absolute atomic E-state index is 12.9. The third-order valence-electron chi connectivity index (χ3n) is 4.16. The topological polar surface area (TPSA) is 69.0 Å². The van der Waals surface area contributed by atoms with Gasteiger partial charge in [0.05, 0.1) is 6.61 Å². The summed E-state index contributed by atoms with van der Waals surface area (Å²) in [5.41, 5.74) is 1.75. The summed E-state index contributed by atoms with van der Waals surface area (Å²) >= 11 is 0. The molecule has 0 saturated carbocycles. The van der Waals surface area contributed by atoms with Crippen molar-refractivity contribution in [3.63, 3.8) is 0 Å². The molecule has 0 bridgehead atoms. The first kappa shape index (κ1) is 18.7. The summed E-state index contributed by atoms with van der Waals surface area (Å²) in [6.07, 6.45) is -1.06. The Labute approximate surface area is 157 Å². The van der Waals surface area contributed by atoms with Crippen molar-refractivity contribution < 1.29 is 23.5 Å². The van der Waals surface area contributed by atoms with Crippen molar-refractivity contribution in [2.45, 2.75) is 12.7 Å². The molecular weight excluding hydrogens is 346 g/mol. The standard InChI is InChI=1S/C21H21NO5/c1-22(2)20(23)18(14-9-5-4-6-10-14)27-21(24)19-16(13-25-3)15-11-7-8-12-17(15)26-19/h4-12,18H,13H2,1-3H3/t18-/m1/s1. The summed E-state index contributed by atoms with van der Waals surface area (Å²) in [4.78, 5) is 26.9. The second kappa shape index (κ2) is 8.05. The summed E-state index contributed by atoms with van der Waals surface area (Å²) < 4.78 is 16.5. The van der Waals surface area contributed by atoms with E-state index in [1.54, 1.807) is 51.5 Å². The predicted molar refractivity (Wildman–Crippen MR) is 100 cm³/mol. The minimum atomic E-state index is -1.06. The van der Waals surface area contributed by atoms with Crippen LogP contribution in [0, 0.1) is 0 Å². The highest BCUT2D eigenvalue weighted by Crippen LogP contribution is 2.29. The number of ether oxygens (including phenoxy) is 2. The number of para-hydroxylation sites is 1. The number of carbonyl (C=O) groups excluding carboxylic acids is 2. The first-order valence-electron chi connectivity index (χ1n) is 8.49. The highest BCUT2D eigenvalue weighted by Gasteiger charge is 2.30. The van der Waals surface area contributed by atoms with E-state index in [-0.39, 0.29) is 18.3 Å². The van der Waals surface area contributed by atoms with Crippen LogP contribution in [0.3, 0.4) is 0 Å². The average molecular weight is 367 g/mol. The zero-order valence-corrected chi connectivity index (χ0v) is 15.5. The van der Waals surface area contributed by atoms with Crippen LogP contribution in [0.5, 0.6) is 0 Å². The van der Waals surface area contributed by atoms with Crippen molar-refractivity contribution in [1.29, 1.82) is 0 Å². The molecule has 1 amide bonds. The van der Waals surface area contributed by atoms with Gasteiger partial charge in [-0.1, -0.05) is 48.5 Å². The van der Waals surface area contributed by atoms with E-state index in [2.05, 4.69) is 0 Å². The van der Waals surface area contributed by atoms with Crippen LogP contribution in [0.2, 0.25) is 0 Å². The fraction of sp³-hybridized carbons (Fsp3) is 0.238. The van der Waals surface area contributed by atoms with Crippen molar-refractivity contribution in [3.05, 3.63) is 71.5 Å². The maximum Gasteiger partial charge on any atom is 0.375 e. The molecule has 0 saturated heterocycles. The van der Waals surface area contributed by atoms with Crippen LogP contribution in [-0.2, 0) is 20.9 Å². The fourth-order valence-corrected chi connectivity index (χ4v) is 2.84. The Kier molecular flexibility index (Phi) is 5.57. The molecule has 6 nitrogen and oxygen atoms in total. The van der Waals surface area contributed by atoms with E-state index >= 15 is 0 Å². The van der Waals surface area contributed by atoms with Crippen LogP contribution in [0.4, 0.5) is 0 Å². The number of benzene rings is 2. The van der Waals surface area contributed by atoms with E-state index in [4.69, 9.17) is 13.9 Å². The molecule has 1 aromatic heterocycles. The van der Waals surface area contributed by atoms with Crippen molar-refractivity contribution in [2.24, 2.45) is 0 Å². The molecule has 2 aromatic carbocycles. The number of esters is 1. The molecule has 0 fully saturated rings. The zero-order chi connectivity index (χ0) is 19.4. The summed E-state index contributed by atoms with van der Waals surface area (Å²) in [7, 11) is 4.77. The largest absolute Gasteiger partial charge is 0.449 e. The zero-order valence-electron chi connectivity index (χ0n) is 15.5. The molecule has 0 radical (unpaired) electrons. The van der Waals surface area contributed by atoms with Gasteiger partial charge in [-0.15, -0.1) is 0 Å². The highest BCUT2D eigenvalue weighted by atomic mass is 16.6. The van der Waals surface area contributed by atoms with Gasteiger partial charge in [-0.3, -0.25) is 4.79 Å². The first-order chi connectivity index (χ1) is 13.0. The van der Waals surface area contributed by atoms with Crippen LogP contribution in [0.1, 0.15) is 27.8 Å². The molecule has 0 aliphatic heterocycles. The van der Waals surface area contributed by atoms with Crippen LogP contribution in [0.15, 0.2) is 59.0 Å². The minimum absolute atomic E-state index is 0.0468. The number of fused-ring (bicyclic) bond motifs is 1. The van der Waals surface area contributed by atoms with E-state index in [1.807, 2.05) is 24.3 Å². The van der Waals surface area contributed by atoms with Gasteiger partial charge in [0.2, 0.25) is 11.9 Å². The second-order valence-corrected chi connectivity index (χ2v) is 6.27. The highest BCUT2D eigenvalue weighted by molar-refractivity contribution is 5.97. The van der Waals surface area contributed by atoms with Gasteiger partial charge in [0.1, 0.15) is 5.58 Å². The predicted octanol–water partition coefficient (Wildman–Crippen LogP) is 3.57. The Hall–Kier alpha value is -3.12. The number of carbonyl (C=O) groups is 2. The Bertz CT molecular complexity index is 946. The van der Waals surface area contributed by atoms with Gasteiger partial charge in [-0.2, -0.15) is 0 Å². The summed E-state index contributed by atoms with van der Waals surface area (Å²) in [6, 6.07) is 16.2. The fourth-order valence-electron chi connectivity index (χ4n) is 2.84. The lowest BCUT2D eigenvalue weighted by Gasteiger charge is -2.21. The van der Waals surface area contributed by atoms with Gasteiger partial charge in [0.15, 0.2) is 0 Å². The van der Waals surface area contributed by atoms with Gasteiger partial charge in [0.25, 0.3) is 5.91 Å². The number of hydrogen-bond donors (Lipinski definition) is 0. The lowest BCUT2D eigenvalue weighted by Crippen LogP contribution is -2.31. The Morgan fingerprint density at radius 3 is 2.37 bits per heavy atom. The molecule has 0 aliphatic rings. The van der Waals surface area contributed by atoms with Crippen molar-refractivity contribution in [2.75, 3.05) is 21.2 Å². The molecule has 1 atom stereocenters. The summed E-state index contributed by atoms with van der Waals surface area (Å²) in [6.45, 7) is 0.194. The van der Waals surface area contributed by atoms with Gasteiger partial charge in [0, 0.05) is 37.7 Å². The van der Waals surface area contributed by atoms with E-state index < -0.39 is 12.1 Å². The normalized spacial score (nSPS) is 12.0. The molecular formula is C21H21NO5. The summed E-state index contributed by atoms with van der Waals surface area (Å²) in [5.74, 6) is -0.994. The molecule has 0 unspecified atom stereocenters. The lowest BCUT2D eigenvalue weighted by atomic mass is 10.1. The summed E-state index contributed by atoms with van der Waals surface area (Å²) in [5, 5.41) is 0.779. The van der Waals surface area contributed by atoms with Gasteiger partial charge < -0.3 is 18.8 Å². The number of rotatable bonds is 6. The Morgan fingerprint density at radius 1 is 1.04 bits per heavy atom. The third kappa shape index (κ3) is 3.85. The smallest absolute Gasteiger partial charge is 0.375 e. The molecule has 6 heteroatoms. The van der Waals surface area contributed by atoms with Crippen molar-refractivity contribution >= 4 is 22.8 Å². The Balaban J connectivity index is 1.98. The molecule has 0 N–H and O–H groups in total. The quantitative estimate of drug-likeness (QED) is 0.623. The van der Waals surface area contributed by atoms with Gasteiger partial charge >= 0.3 is 5.97 Å². The van der Waals surface area contributed by atoms with Crippen LogP contribution >= 0.6 is 0 Å². The van der Waals surface area contributed by atoms with Crippen LogP contribution < -0.4 is 0 Å². The Morgan fingerprint density at radius 2 is 1.70 bits per heavy atom. The number of amides is 1. The van der Waals surface area contributed by atoms with Crippen molar-refractivity contribution in [3.8, 4) is 0 Å². The molecule has 0 aliphatic carbocycles. The SMILES string of the molecule is COCc1c(C(=O)O[C@@H](C(=O)N(C)C)c2ccccc2)oc2ccccc12. The van der Waals surface area contributed by atoms with Crippen molar-refractivity contribution in [1.82, 2.24) is 4.90 Å². The third-order valence-corrected chi connectivity index (χ3v) is 4.16. The van der Waals surface area contributed by atoms with E-state index in [0.717, 1.165) is 5.39 Å². The van der Waals surface area contributed by atoms with E-state index in [9.17, 15) is 9.59 Å². The maximum atomic E-state index is 12.9. The van der Waals surface area contributed by atoms with Crippen LogP contribution in [-0.4, -0.2) is 38.0 Å². The number of methoxy groups -OCH3 is 1. The lowest BCUT2D eigenvalue weighted by molar-refractivity contribution is -0.138. The van der Waals surface area contributed by atoms with Gasteiger partial charge in [-0.05, 0) is 6.07 Å². The monoisotopic (exact) mass is 367 g/mol. The number of nitrogens with zero attached hydrogens (tertiary/aromatic N) is 1. The second-order valence-electron chi connectivity index (χ2n) is 6.27. The average Bonchev–Trinajstić information content (AvgIpc) is 3.05. The molecule has 1 heterocycles. The van der Waals surface area contributed by atoms with Crippen LogP contribution in [0.25, 0.3) is 11.0 Å². The van der Waals surface area contributed by atoms with Gasteiger partial charge in [-0.25, -0.2) is 4.79 Å². The first-order valence-corrected chi connectivity index (χ1v) is 8.49. The molecule has 140 valence electrons. The number of furan rings is 1. The molecule has 3 rings (SSSR count). The minimum Gasteiger partial charge on any atom is -0.449 e. The molecule has 3 aromatic rings.